The molecule has 0 saturated carbocycles. The summed E-state index contributed by atoms with van der Waals surface area (Å²) in [6.45, 7) is 1.82. The van der Waals surface area contributed by atoms with Crippen LogP contribution in [0.25, 0.3) is 0 Å². The highest BCUT2D eigenvalue weighted by molar-refractivity contribution is 7.13. The van der Waals surface area contributed by atoms with E-state index in [0.29, 0.717) is 5.92 Å². The Labute approximate surface area is 101 Å². The summed E-state index contributed by atoms with van der Waals surface area (Å²) in [6.07, 6.45) is 1.97. The second kappa shape index (κ2) is 4.28. The largest absolute Gasteiger partial charge is 0.493 e. The molecular weight excluding hydrogens is 240 g/mol. The van der Waals surface area contributed by atoms with Gasteiger partial charge in [0.05, 0.1) is 5.38 Å². The third-order valence-corrected chi connectivity index (χ3v) is 3.86. The van der Waals surface area contributed by atoms with Crippen molar-refractivity contribution in [1.82, 2.24) is 25.6 Å². The Morgan fingerprint density at radius 3 is 2.82 bits per heavy atom. The monoisotopic (exact) mass is 252 g/mol. The molecule has 8 heteroatoms. The van der Waals surface area contributed by atoms with E-state index in [-0.39, 0.29) is 5.88 Å². The maximum absolute atomic E-state index is 9.23. The molecule has 2 aromatic heterocycles. The minimum absolute atomic E-state index is 0.102. The maximum Gasteiger partial charge on any atom is 0.223 e. The molecule has 0 unspecified atom stereocenters. The van der Waals surface area contributed by atoms with Gasteiger partial charge in [-0.3, -0.25) is 0 Å². The van der Waals surface area contributed by atoms with Crippen molar-refractivity contribution < 1.29 is 5.11 Å². The van der Waals surface area contributed by atoms with Crippen LogP contribution in [0.3, 0.4) is 0 Å². The molecule has 0 atom stereocenters. The van der Waals surface area contributed by atoms with Crippen LogP contribution in [0.4, 0.5) is 5.13 Å². The molecule has 0 bridgehead atoms. The fourth-order valence-electron chi connectivity index (χ4n) is 2.07. The van der Waals surface area contributed by atoms with E-state index in [1.165, 1.54) is 11.3 Å². The van der Waals surface area contributed by atoms with Crippen LogP contribution in [-0.4, -0.2) is 43.8 Å². The third-order valence-electron chi connectivity index (χ3n) is 2.97. The molecule has 0 aliphatic carbocycles. The number of nitrogens with zero attached hydrogens (tertiary/aromatic N) is 5. The number of aromatic nitrogens is 5. The Balaban J connectivity index is 1.64. The molecule has 3 rings (SSSR count). The molecule has 17 heavy (non-hydrogen) atoms. The van der Waals surface area contributed by atoms with Gasteiger partial charge < -0.3 is 10.0 Å². The van der Waals surface area contributed by atoms with Crippen molar-refractivity contribution in [1.29, 1.82) is 0 Å². The van der Waals surface area contributed by atoms with Crippen molar-refractivity contribution in [3.8, 4) is 5.88 Å². The van der Waals surface area contributed by atoms with Crippen molar-refractivity contribution in [3.63, 3.8) is 0 Å². The van der Waals surface area contributed by atoms with Gasteiger partial charge in [0.2, 0.25) is 5.88 Å². The zero-order valence-electron chi connectivity index (χ0n) is 9.07. The van der Waals surface area contributed by atoms with Crippen LogP contribution in [0.15, 0.2) is 5.38 Å². The summed E-state index contributed by atoms with van der Waals surface area (Å²) in [5.41, 5.74) is 0. The first-order valence-corrected chi connectivity index (χ1v) is 6.33. The van der Waals surface area contributed by atoms with Crippen molar-refractivity contribution in [2.45, 2.75) is 18.8 Å². The van der Waals surface area contributed by atoms with E-state index in [0.717, 1.165) is 36.9 Å². The SMILES string of the molecule is Oc1csc(N2CCC(c3nn[nH]n3)CC2)n1. The Morgan fingerprint density at radius 1 is 1.41 bits per heavy atom. The number of hydrogen-bond donors (Lipinski definition) is 2. The second-order valence-corrected chi connectivity index (χ2v) is 4.86. The number of piperidine rings is 1. The van der Waals surface area contributed by atoms with E-state index >= 15 is 0 Å². The van der Waals surface area contributed by atoms with Gasteiger partial charge in [0.15, 0.2) is 11.0 Å². The summed E-state index contributed by atoms with van der Waals surface area (Å²) in [5, 5.41) is 25.9. The minimum atomic E-state index is 0.102. The fourth-order valence-corrected chi connectivity index (χ4v) is 2.81. The first-order chi connectivity index (χ1) is 8.33. The lowest BCUT2D eigenvalue weighted by Crippen LogP contribution is -2.33. The molecule has 7 nitrogen and oxygen atoms in total. The topological polar surface area (TPSA) is 90.8 Å². The van der Waals surface area contributed by atoms with Gasteiger partial charge in [-0.1, -0.05) is 5.21 Å². The highest BCUT2D eigenvalue weighted by Crippen LogP contribution is 2.30. The molecule has 0 spiro atoms. The van der Waals surface area contributed by atoms with Crippen molar-refractivity contribution in [2.75, 3.05) is 18.0 Å². The Bertz CT molecular complexity index is 475. The fraction of sp³-hybridized carbons (Fsp3) is 0.556. The molecule has 0 radical (unpaired) electrons. The van der Waals surface area contributed by atoms with Crippen LogP contribution in [-0.2, 0) is 0 Å². The molecular formula is C9H12N6OS. The molecule has 2 N–H and O–H groups in total. The summed E-state index contributed by atoms with van der Waals surface area (Å²) in [4.78, 5) is 6.25. The van der Waals surface area contributed by atoms with Gasteiger partial charge >= 0.3 is 0 Å². The number of anilines is 1. The quantitative estimate of drug-likeness (QED) is 0.819. The Hall–Kier alpha value is -1.70. The zero-order valence-corrected chi connectivity index (χ0v) is 9.89. The van der Waals surface area contributed by atoms with E-state index in [9.17, 15) is 5.11 Å². The average molecular weight is 252 g/mol. The van der Waals surface area contributed by atoms with E-state index in [1.54, 1.807) is 5.38 Å². The van der Waals surface area contributed by atoms with Crippen LogP contribution < -0.4 is 4.90 Å². The minimum Gasteiger partial charge on any atom is -0.493 e. The number of hydrogen-bond acceptors (Lipinski definition) is 7. The highest BCUT2D eigenvalue weighted by atomic mass is 32.1. The predicted molar refractivity (Wildman–Crippen MR) is 62.1 cm³/mol. The number of rotatable bonds is 2. The molecule has 0 amide bonds. The van der Waals surface area contributed by atoms with Gasteiger partial charge in [-0.25, -0.2) is 0 Å². The summed E-state index contributed by atoms with van der Waals surface area (Å²) >= 11 is 1.47. The van der Waals surface area contributed by atoms with Crippen LogP contribution >= 0.6 is 11.3 Å². The second-order valence-electron chi connectivity index (χ2n) is 4.02. The molecule has 2 aromatic rings. The third kappa shape index (κ3) is 2.07. The smallest absolute Gasteiger partial charge is 0.223 e. The van der Waals surface area contributed by atoms with Crippen LogP contribution in [0.5, 0.6) is 5.88 Å². The van der Waals surface area contributed by atoms with Crippen LogP contribution in [0.1, 0.15) is 24.6 Å². The summed E-state index contributed by atoms with van der Waals surface area (Å²) < 4.78 is 0. The number of thiazole rings is 1. The predicted octanol–water partition coefficient (Wildman–Crippen LogP) is 0.746. The normalized spacial score (nSPS) is 17.5. The molecule has 90 valence electrons. The zero-order chi connectivity index (χ0) is 11.7. The molecule has 0 aromatic carbocycles. The van der Waals surface area contributed by atoms with Crippen molar-refractivity contribution >= 4 is 16.5 Å². The standard InChI is InChI=1S/C9H12N6OS/c16-7-5-17-9(10-7)15-3-1-6(2-4-15)8-11-13-14-12-8/h5-6,16H,1-4H2,(H,11,12,13,14). The Kier molecular flexibility index (Phi) is 2.63. The molecule has 1 aliphatic rings. The summed E-state index contributed by atoms with van der Waals surface area (Å²) in [7, 11) is 0. The summed E-state index contributed by atoms with van der Waals surface area (Å²) in [6, 6.07) is 0. The Morgan fingerprint density at radius 2 is 2.24 bits per heavy atom. The number of aromatic hydroxyl groups is 1. The lowest BCUT2D eigenvalue weighted by atomic mass is 9.97. The number of tetrazole rings is 1. The molecule has 1 aliphatic heterocycles. The van der Waals surface area contributed by atoms with Gasteiger partial charge in [0, 0.05) is 19.0 Å². The first kappa shape index (κ1) is 10.5. The molecule has 1 fully saturated rings. The number of aromatic amines is 1. The van der Waals surface area contributed by atoms with Crippen LogP contribution in [0, 0.1) is 0 Å². The molecule has 3 heterocycles. The first-order valence-electron chi connectivity index (χ1n) is 5.45. The highest BCUT2D eigenvalue weighted by Gasteiger charge is 2.24. The number of H-pyrrole nitrogens is 1. The van der Waals surface area contributed by atoms with E-state index < -0.39 is 0 Å². The van der Waals surface area contributed by atoms with Gasteiger partial charge in [-0.15, -0.1) is 21.5 Å². The van der Waals surface area contributed by atoms with Crippen LogP contribution in [0.2, 0.25) is 0 Å². The average Bonchev–Trinajstić information content (AvgIpc) is 3.00. The van der Waals surface area contributed by atoms with E-state index in [1.807, 2.05) is 0 Å². The van der Waals surface area contributed by atoms with Gasteiger partial charge in [-0.2, -0.15) is 10.2 Å². The lowest BCUT2D eigenvalue weighted by molar-refractivity contribution is 0.453. The van der Waals surface area contributed by atoms with E-state index in [2.05, 4.69) is 30.5 Å². The lowest BCUT2D eigenvalue weighted by Gasteiger charge is -2.30. The van der Waals surface area contributed by atoms with Gasteiger partial charge in [0.1, 0.15) is 0 Å². The maximum atomic E-state index is 9.23. The van der Waals surface area contributed by atoms with Crippen molar-refractivity contribution in [3.05, 3.63) is 11.2 Å². The number of nitrogens with one attached hydrogen (secondary N) is 1. The summed E-state index contributed by atoms with van der Waals surface area (Å²) in [5.74, 6) is 1.27. The molecule has 1 saturated heterocycles. The van der Waals surface area contributed by atoms with E-state index in [4.69, 9.17) is 0 Å². The van der Waals surface area contributed by atoms with Gasteiger partial charge in [0.25, 0.3) is 0 Å². The van der Waals surface area contributed by atoms with Gasteiger partial charge in [-0.05, 0) is 12.8 Å². The van der Waals surface area contributed by atoms with Crippen molar-refractivity contribution in [2.24, 2.45) is 0 Å².